The number of benzene rings is 2. The van der Waals surface area contributed by atoms with Gasteiger partial charge in [-0.3, -0.25) is 0 Å². The van der Waals surface area contributed by atoms with Crippen molar-refractivity contribution in [3.8, 4) is 11.3 Å². The molecule has 0 unspecified atom stereocenters. The van der Waals surface area contributed by atoms with Crippen molar-refractivity contribution in [3.05, 3.63) is 74.4 Å². The first kappa shape index (κ1) is 16.5. The third-order valence-corrected chi connectivity index (χ3v) is 4.19. The maximum Gasteiger partial charge on any atom is 0.135 e. The molecule has 3 rings (SSSR count). The molecule has 0 saturated carbocycles. The van der Waals surface area contributed by atoms with Gasteiger partial charge >= 0.3 is 0 Å². The van der Waals surface area contributed by atoms with Crippen LogP contribution in [0.1, 0.15) is 5.76 Å². The standard InChI is InChI=1S/C17H11Cl4NO/c18-10-1-3-16(21)15(8-10)17-4-2-14(23-17)9-22-13-6-11(19)5-12(20)7-13/h1-8,22H,9H2. The second-order valence-corrected chi connectivity index (χ2v) is 6.62. The Hall–Kier alpha value is -1.32. The van der Waals surface area contributed by atoms with E-state index in [4.69, 9.17) is 50.8 Å². The molecule has 23 heavy (non-hydrogen) atoms. The molecule has 2 nitrogen and oxygen atoms in total. The van der Waals surface area contributed by atoms with Crippen molar-refractivity contribution in [2.24, 2.45) is 0 Å². The van der Waals surface area contributed by atoms with E-state index in [0.29, 0.717) is 32.4 Å². The van der Waals surface area contributed by atoms with Crippen LogP contribution in [-0.4, -0.2) is 0 Å². The molecule has 1 heterocycles. The van der Waals surface area contributed by atoms with Crippen molar-refractivity contribution >= 4 is 52.1 Å². The van der Waals surface area contributed by atoms with Crippen LogP contribution < -0.4 is 5.32 Å². The summed E-state index contributed by atoms with van der Waals surface area (Å²) in [5.74, 6) is 1.42. The second kappa shape index (κ2) is 7.06. The summed E-state index contributed by atoms with van der Waals surface area (Å²) in [5.41, 5.74) is 1.58. The second-order valence-electron chi connectivity index (χ2n) is 4.90. The number of hydrogen-bond acceptors (Lipinski definition) is 2. The molecule has 6 heteroatoms. The van der Waals surface area contributed by atoms with Gasteiger partial charge in [0.2, 0.25) is 0 Å². The Morgan fingerprint density at radius 2 is 1.52 bits per heavy atom. The Morgan fingerprint density at radius 1 is 0.783 bits per heavy atom. The van der Waals surface area contributed by atoms with Gasteiger partial charge in [0.25, 0.3) is 0 Å². The average Bonchev–Trinajstić information content (AvgIpc) is 2.95. The van der Waals surface area contributed by atoms with Crippen LogP contribution in [0.5, 0.6) is 0 Å². The van der Waals surface area contributed by atoms with E-state index in [9.17, 15) is 0 Å². The smallest absolute Gasteiger partial charge is 0.135 e. The molecule has 118 valence electrons. The third-order valence-electron chi connectivity index (χ3n) is 3.18. The predicted molar refractivity (Wildman–Crippen MR) is 98.0 cm³/mol. The molecule has 0 spiro atoms. The molecule has 0 aliphatic carbocycles. The summed E-state index contributed by atoms with van der Waals surface area (Å²) < 4.78 is 5.82. The number of rotatable bonds is 4. The van der Waals surface area contributed by atoms with Crippen molar-refractivity contribution in [1.82, 2.24) is 0 Å². The monoisotopic (exact) mass is 385 g/mol. The Kier molecular flexibility index (Phi) is 5.08. The SMILES string of the molecule is Clc1cc(Cl)cc(NCc2ccc(-c3cc(Cl)ccc3Cl)o2)c1. The normalized spacial score (nSPS) is 10.8. The van der Waals surface area contributed by atoms with Gasteiger partial charge in [-0.1, -0.05) is 46.4 Å². The van der Waals surface area contributed by atoms with E-state index in [1.165, 1.54) is 0 Å². The van der Waals surface area contributed by atoms with Gasteiger partial charge in [-0.25, -0.2) is 0 Å². The van der Waals surface area contributed by atoms with Gasteiger partial charge in [0, 0.05) is 26.3 Å². The quantitative estimate of drug-likeness (QED) is 0.513. The first-order valence-electron chi connectivity index (χ1n) is 6.75. The van der Waals surface area contributed by atoms with Gasteiger partial charge < -0.3 is 9.73 Å². The van der Waals surface area contributed by atoms with Gasteiger partial charge in [0.15, 0.2) is 0 Å². The zero-order chi connectivity index (χ0) is 16.4. The van der Waals surface area contributed by atoms with Gasteiger partial charge in [0.05, 0.1) is 11.6 Å². The molecule has 0 saturated heterocycles. The van der Waals surface area contributed by atoms with Crippen molar-refractivity contribution in [2.45, 2.75) is 6.54 Å². The molecule has 0 aliphatic heterocycles. The summed E-state index contributed by atoms with van der Waals surface area (Å²) in [6.45, 7) is 0.495. The van der Waals surface area contributed by atoms with E-state index < -0.39 is 0 Å². The summed E-state index contributed by atoms with van der Waals surface area (Å²) in [7, 11) is 0. The molecule has 0 fully saturated rings. The number of furan rings is 1. The van der Waals surface area contributed by atoms with Crippen LogP contribution in [0.2, 0.25) is 20.1 Å². The van der Waals surface area contributed by atoms with E-state index in [1.54, 1.807) is 36.4 Å². The number of nitrogens with one attached hydrogen (secondary N) is 1. The largest absolute Gasteiger partial charge is 0.459 e. The van der Waals surface area contributed by atoms with Crippen LogP contribution in [0.3, 0.4) is 0 Å². The Balaban J connectivity index is 1.76. The third kappa shape index (κ3) is 4.15. The zero-order valence-electron chi connectivity index (χ0n) is 11.7. The summed E-state index contributed by atoms with van der Waals surface area (Å²) >= 11 is 24.1. The maximum atomic E-state index is 6.18. The van der Waals surface area contributed by atoms with E-state index in [-0.39, 0.29) is 0 Å². The van der Waals surface area contributed by atoms with E-state index in [2.05, 4.69) is 5.32 Å². The Bertz CT molecular complexity index is 824. The van der Waals surface area contributed by atoms with Crippen LogP contribution >= 0.6 is 46.4 Å². The number of hydrogen-bond donors (Lipinski definition) is 1. The van der Waals surface area contributed by atoms with E-state index >= 15 is 0 Å². The van der Waals surface area contributed by atoms with Crippen LogP contribution in [0, 0.1) is 0 Å². The molecule has 0 aliphatic rings. The van der Waals surface area contributed by atoms with E-state index in [0.717, 1.165) is 17.0 Å². The van der Waals surface area contributed by atoms with Crippen LogP contribution in [0.25, 0.3) is 11.3 Å². The van der Waals surface area contributed by atoms with Gasteiger partial charge in [-0.15, -0.1) is 0 Å². The topological polar surface area (TPSA) is 25.2 Å². The van der Waals surface area contributed by atoms with Crippen LogP contribution in [0.15, 0.2) is 52.9 Å². The fraction of sp³-hybridized carbons (Fsp3) is 0.0588. The van der Waals surface area contributed by atoms with Gasteiger partial charge in [0.1, 0.15) is 11.5 Å². The number of anilines is 1. The highest BCUT2D eigenvalue weighted by molar-refractivity contribution is 6.35. The lowest BCUT2D eigenvalue weighted by atomic mass is 10.2. The summed E-state index contributed by atoms with van der Waals surface area (Å²) in [4.78, 5) is 0. The fourth-order valence-electron chi connectivity index (χ4n) is 2.15. The molecule has 1 aromatic heterocycles. The first-order valence-corrected chi connectivity index (χ1v) is 8.26. The highest BCUT2D eigenvalue weighted by Crippen LogP contribution is 2.32. The fourth-order valence-corrected chi connectivity index (χ4v) is 3.06. The lowest BCUT2D eigenvalue weighted by Gasteiger charge is -2.06. The van der Waals surface area contributed by atoms with Crippen LogP contribution in [-0.2, 0) is 6.54 Å². The van der Waals surface area contributed by atoms with E-state index in [1.807, 2.05) is 12.1 Å². The van der Waals surface area contributed by atoms with Crippen molar-refractivity contribution in [2.75, 3.05) is 5.32 Å². The molecular formula is C17H11Cl4NO. The van der Waals surface area contributed by atoms with Gasteiger partial charge in [-0.05, 0) is 48.5 Å². The lowest BCUT2D eigenvalue weighted by molar-refractivity contribution is 0.531. The van der Waals surface area contributed by atoms with Crippen LogP contribution in [0.4, 0.5) is 5.69 Å². The molecule has 0 amide bonds. The summed E-state index contributed by atoms with van der Waals surface area (Å²) in [6, 6.07) is 14.3. The summed E-state index contributed by atoms with van der Waals surface area (Å²) in [5, 5.41) is 5.55. The molecule has 0 bridgehead atoms. The molecule has 2 aromatic carbocycles. The van der Waals surface area contributed by atoms with Crippen molar-refractivity contribution in [3.63, 3.8) is 0 Å². The minimum absolute atomic E-state index is 0.495. The summed E-state index contributed by atoms with van der Waals surface area (Å²) in [6.07, 6.45) is 0. The average molecular weight is 387 g/mol. The minimum Gasteiger partial charge on any atom is -0.459 e. The number of halogens is 4. The highest BCUT2D eigenvalue weighted by atomic mass is 35.5. The Morgan fingerprint density at radius 3 is 2.26 bits per heavy atom. The van der Waals surface area contributed by atoms with Crippen molar-refractivity contribution < 1.29 is 4.42 Å². The van der Waals surface area contributed by atoms with Gasteiger partial charge in [-0.2, -0.15) is 0 Å². The molecule has 1 N–H and O–H groups in total. The predicted octanol–water partition coefficient (Wildman–Crippen LogP) is 7.17. The molecule has 0 radical (unpaired) electrons. The first-order chi connectivity index (χ1) is 11.0. The van der Waals surface area contributed by atoms with Crippen molar-refractivity contribution in [1.29, 1.82) is 0 Å². The lowest BCUT2D eigenvalue weighted by Crippen LogP contribution is -1.97. The molecular weight excluding hydrogens is 376 g/mol. The maximum absolute atomic E-state index is 6.18. The minimum atomic E-state index is 0.495. The highest BCUT2D eigenvalue weighted by Gasteiger charge is 2.09. The zero-order valence-corrected chi connectivity index (χ0v) is 14.8. The molecule has 0 atom stereocenters. The molecule has 3 aromatic rings. The Labute approximate surface area is 153 Å².